The van der Waals surface area contributed by atoms with Gasteiger partial charge in [0.2, 0.25) is 0 Å². The minimum atomic E-state index is -0.210. The molecule has 1 aliphatic rings. The van der Waals surface area contributed by atoms with Crippen LogP contribution in [0.1, 0.15) is 25.3 Å². The van der Waals surface area contributed by atoms with Crippen LogP contribution in [0.25, 0.3) is 0 Å². The summed E-state index contributed by atoms with van der Waals surface area (Å²) in [5.74, 6) is 0.518. The number of rotatable bonds is 5. The van der Waals surface area contributed by atoms with Crippen LogP contribution in [0.2, 0.25) is 0 Å². The van der Waals surface area contributed by atoms with Gasteiger partial charge < -0.3 is 15.0 Å². The van der Waals surface area contributed by atoms with E-state index >= 15 is 0 Å². The van der Waals surface area contributed by atoms with Crippen LogP contribution in [0.5, 0.6) is 0 Å². The molecular weight excluding hydrogens is 309 g/mol. The Bertz CT molecular complexity index is 569. The van der Waals surface area contributed by atoms with Gasteiger partial charge >= 0.3 is 5.97 Å². The molecule has 0 spiro atoms. The molecule has 0 aliphatic carbocycles. The molecule has 6 heteroatoms. The molecule has 0 unspecified atom stereocenters. The highest BCUT2D eigenvalue weighted by Gasteiger charge is 2.27. The number of hydrogen-bond donors (Lipinski definition) is 1. The quantitative estimate of drug-likeness (QED) is 0.509. The molecule has 1 fully saturated rings. The summed E-state index contributed by atoms with van der Waals surface area (Å²) in [5.41, 5.74) is 0.957. The van der Waals surface area contributed by atoms with Gasteiger partial charge in [-0.1, -0.05) is 12.1 Å². The zero-order chi connectivity index (χ0) is 17.4. The molecule has 0 bridgehead atoms. The van der Waals surface area contributed by atoms with E-state index in [1.54, 1.807) is 19.2 Å². The lowest BCUT2D eigenvalue weighted by atomic mass is 9.97. The Labute approximate surface area is 142 Å². The van der Waals surface area contributed by atoms with Gasteiger partial charge in [-0.25, -0.2) is 4.39 Å². The molecular formula is C18H26FN3O2. The monoisotopic (exact) mass is 335 g/mol. The third-order valence-corrected chi connectivity index (χ3v) is 4.21. The SMILES string of the molecule is CCOC(=O)C1CCN(C(=NC)NCCc2cccc(F)c2)CC1. The number of halogens is 1. The molecule has 0 atom stereocenters. The summed E-state index contributed by atoms with van der Waals surface area (Å²) in [4.78, 5) is 18.2. The summed E-state index contributed by atoms with van der Waals surface area (Å²) < 4.78 is 18.3. The van der Waals surface area contributed by atoms with Crippen LogP contribution in [0.15, 0.2) is 29.3 Å². The van der Waals surface area contributed by atoms with Gasteiger partial charge in [0.15, 0.2) is 5.96 Å². The van der Waals surface area contributed by atoms with Gasteiger partial charge in [0.25, 0.3) is 0 Å². The Kier molecular flexibility index (Phi) is 7.03. The van der Waals surface area contributed by atoms with Gasteiger partial charge in [-0.15, -0.1) is 0 Å². The third-order valence-electron chi connectivity index (χ3n) is 4.21. The number of esters is 1. The van der Waals surface area contributed by atoms with Crippen LogP contribution in [0, 0.1) is 11.7 Å². The molecule has 1 saturated heterocycles. The van der Waals surface area contributed by atoms with Crippen molar-refractivity contribution in [3.05, 3.63) is 35.6 Å². The number of guanidine groups is 1. The first-order valence-electron chi connectivity index (χ1n) is 8.50. The van der Waals surface area contributed by atoms with Crippen molar-refractivity contribution in [2.45, 2.75) is 26.2 Å². The van der Waals surface area contributed by atoms with Gasteiger partial charge in [-0.3, -0.25) is 9.79 Å². The predicted molar refractivity (Wildman–Crippen MR) is 92.4 cm³/mol. The fraction of sp³-hybridized carbons (Fsp3) is 0.556. The lowest BCUT2D eigenvalue weighted by Crippen LogP contribution is -2.47. The Morgan fingerprint density at radius 1 is 1.42 bits per heavy atom. The second-order valence-corrected chi connectivity index (χ2v) is 5.87. The fourth-order valence-corrected chi connectivity index (χ4v) is 2.93. The number of ether oxygens (including phenoxy) is 1. The van der Waals surface area contributed by atoms with E-state index in [2.05, 4.69) is 15.2 Å². The smallest absolute Gasteiger partial charge is 0.309 e. The minimum absolute atomic E-state index is 0.00778. The maximum Gasteiger partial charge on any atom is 0.309 e. The molecule has 1 aromatic rings. The second-order valence-electron chi connectivity index (χ2n) is 5.87. The normalized spacial score (nSPS) is 16.1. The molecule has 0 saturated carbocycles. The zero-order valence-electron chi connectivity index (χ0n) is 14.4. The van der Waals surface area contributed by atoms with Gasteiger partial charge in [-0.05, 0) is 43.9 Å². The Hall–Kier alpha value is -2.11. The number of carbonyl (C=O) groups excluding carboxylic acids is 1. The van der Waals surface area contributed by atoms with Crippen molar-refractivity contribution < 1.29 is 13.9 Å². The van der Waals surface area contributed by atoms with Crippen molar-refractivity contribution in [2.24, 2.45) is 10.9 Å². The number of hydrogen-bond acceptors (Lipinski definition) is 3. The molecule has 0 radical (unpaired) electrons. The highest BCUT2D eigenvalue weighted by Crippen LogP contribution is 2.18. The van der Waals surface area contributed by atoms with Crippen LogP contribution < -0.4 is 5.32 Å². The minimum Gasteiger partial charge on any atom is -0.466 e. The predicted octanol–water partition coefficient (Wildman–Crippen LogP) is 2.22. The standard InChI is InChI=1S/C18H26FN3O2/c1-3-24-17(23)15-8-11-22(12-9-15)18(20-2)21-10-7-14-5-4-6-16(19)13-14/h4-6,13,15H,3,7-12H2,1-2H3,(H,20,21). The summed E-state index contributed by atoms with van der Waals surface area (Å²) >= 11 is 0. The number of piperidine rings is 1. The third kappa shape index (κ3) is 5.22. The average Bonchev–Trinajstić information content (AvgIpc) is 2.59. The molecule has 1 aromatic carbocycles. The first kappa shape index (κ1) is 18.2. The second kappa shape index (κ2) is 9.25. The van der Waals surface area contributed by atoms with E-state index < -0.39 is 0 Å². The molecule has 0 aromatic heterocycles. The zero-order valence-corrected chi connectivity index (χ0v) is 14.4. The number of aliphatic imine (C=N–C) groups is 1. The lowest BCUT2D eigenvalue weighted by molar-refractivity contribution is -0.149. The number of benzene rings is 1. The molecule has 5 nitrogen and oxygen atoms in total. The maximum atomic E-state index is 13.2. The van der Waals surface area contributed by atoms with Gasteiger partial charge in [0.05, 0.1) is 12.5 Å². The van der Waals surface area contributed by atoms with Crippen LogP contribution in [-0.4, -0.2) is 50.1 Å². The van der Waals surface area contributed by atoms with Gasteiger partial charge in [0, 0.05) is 26.7 Å². The van der Waals surface area contributed by atoms with E-state index in [9.17, 15) is 9.18 Å². The van der Waals surface area contributed by atoms with Crippen molar-refractivity contribution in [1.82, 2.24) is 10.2 Å². The first-order valence-corrected chi connectivity index (χ1v) is 8.50. The molecule has 2 rings (SSSR count). The fourth-order valence-electron chi connectivity index (χ4n) is 2.93. The highest BCUT2D eigenvalue weighted by atomic mass is 19.1. The Morgan fingerprint density at radius 2 is 2.17 bits per heavy atom. The Morgan fingerprint density at radius 3 is 2.79 bits per heavy atom. The highest BCUT2D eigenvalue weighted by molar-refractivity contribution is 5.80. The largest absolute Gasteiger partial charge is 0.466 e. The Balaban J connectivity index is 1.77. The lowest BCUT2D eigenvalue weighted by Gasteiger charge is -2.33. The number of carbonyl (C=O) groups is 1. The van der Waals surface area contributed by atoms with Crippen LogP contribution in [0.4, 0.5) is 4.39 Å². The number of likely N-dealkylation sites (tertiary alicyclic amines) is 1. The first-order chi connectivity index (χ1) is 11.6. The summed E-state index contributed by atoms with van der Waals surface area (Å²) in [6.45, 7) is 4.51. The van der Waals surface area contributed by atoms with Crippen LogP contribution in [-0.2, 0) is 16.0 Å². The molecule has 0 amide bonds. The van der Waals surface area contributed by atoms with E-state index in [0.717, 1.165) is 43.9 Å². The molecule has 1 aliphatic heterocycles. The van der Waals surface area contributed by atoms with Crippen LogP contribution in [0.3, 0.4) is 0 Å². The van der Waals surface area contributed by atoms with E-state index in [-0.39, 0.29) is 17.7 Å². The van der Waals surface area contributed by atoms with E-state index in [4.69, 9.17) is 4.74 Å². The average molecular weight is 335 g/mol. The van der Waals surface area contributed by atoms with Crippen molar-refractivity contribution in [3.8, 4) is 0 Å². The summed E-state index contributed by atoms with van der Waals surface area (Å²) in [6, 6.07) is 6.64. The van der Waals surface area contributed by atoms with Gasteiger partial charge in [0.1, 0.15) is 5.82 Å². The maximum absolute atomic E-state index is 13.2. The van der Waals surface area contributed by atoms with Crippen LogP contribution >= 0.6 is 0 Å². The van der Waals surface area contributed by atoms with Crippen molar-refractivity contribution in [2.75, 3.05) is 33.3 Å². The van der Waals surface area contributed by atoms with Crippen molar-refractivity contribution in [3.63, 3.8) is 0 Å². The number of nitrogens with zero attached hydrogens (tertiary/aromatic N) is 2. The van der Waals surface area contributed by atoms with Crippen molar-refractivity contribution in [1.29, 1.82) is 0 Å². The summed E-state index contributed by atoms with van der Waals surface area (Å²) in [7, 11) is 1.75. The van der Waals surface area contributed by atoms with E-state index in [1.807, 2.05) is 13.0 Å². The van der Waals surface area contributed by atoms with E-state index in [0.29, 0.717) is 13.2 Å². The van der Waals surface area contributed by atoms with Gasteiger partial charge in [-0.2, -0.15) is 0 Å². The molecule has 24 heavy (non-hydrogen) atoms. The molecule has 132 valence electrons. The summed E-state index contributed by atoms with van der Waals surface area (Å²) in [5, 5.41) is 3.31. The molecule has 1 heterocycles. The van der Waals surface area contributed by atoms with E-state index in [1.165, 1.54) is 6.07 Å². The van der Waals surface area contributed by atoms with Crippen molar-refractivity contribution >= 4 is 11.9 Å². The topological polar surface area (TPSA) is 53.9 Å². The number of nitrogens with one attached hydrogen (secondary N) is 1. The summed E-state index contributed by atoms with van der Waals surface area (Å²) in [6.07, 6.45) is 2.29. The molecule has 1 N–H and O–H groups in total.